The first-order chi connectivity index (χ1) is 15.9. The SMILES string of the molecule is O=C(NC12CCCC(c3nc4ccc(C(F)(F)F)cc4[nH]3)(C1)C2)c1c(F)c(F)c(F)c(F)c1F. The number of alkyl halides is 3. The third kappa shape index (κ3) is 3.25. The van der Waals surface area contributed by atoms with Crippen LogP contribution < -0.4 is 5.32 Å². The molecule has 2 N–H and O–H groups in total. The van der Waals surface area contributed by atoms with E-state index in [1.807, 2.05) is 0 Å². The van der Waals surface area contributed by atoms with Gasteiger partial charge in [0.25, 0.3) is 5.91 Å². The van der Waals surface area contributed by atoms with Crippen molar-refractivity contribution in [2.24, 2.45) is 0 Å². The highest BCUT2D eigenvalue weighted by atomic mass is 19.4. The number of imidazole rings is 1. The van der Waals surface area contributed by atoms with E-state index in [1.54, 1.807) is 0 Å². The van der Waals surface area contributed by atoms with Crippen LogP contribution in [0.15, 0.2) is 18.2 Å². The van der Waals surface area contributed by atoms with Gasteiger partial charge in [-0.25, -0.2) is 26.9 Å². The van der Waals surface area contributed by atoms with Gasteiger partial charge in [-0.3, -0.25) is 4.79 Å². The standard InChI is InChI=1S/C22H15F8N3O/c23-13-12(14(24)16(26)17(27)15(13)25)18(34)33-21-5-1-4-20(7-21,8-21)19-31-10-3-2-9(22(28,29)30)6-11(10)32-19/h2-3,6H,1,4-5,7-8H2,(H,31,32)(H,33,34). The predicted octanol–water partition coefficient (Wildman–Crippen LogP) is 5.66. The number of benzene rings is 2. The molecule has 3 aliphatic rings. The van der Waals surface area contributed by atoms with E-state index in [4.69, 9.17) is 0 Å². The lowest BCUT2D eigenvalue weighted by Crippen LogP contribution is -2.66. The highest BCUT2D eigenvalue weighted by Crippen LogP contribution is 2.58. The second-order valence-electron chi connectivity index (χ2n) is 8.98. The van der Waals surface area contributed by atoms with Crippen LogP contribution in [0.5, 0.6) is 0 Å². The highest BCUT2D eigenvalue weighted by molar-refractivity contribution is 5.95. The van der Waals surface area contributed by atoms with Crippen LogP contribution in [0.3, 0.4) is 0 Å². The van der Waals surface area contributed by atoms with Gasteiger partial charge in [0.2, 0.25) is 5.82 Å². The summed E-state index contributed by atoms with van der Waals surface area (Å²) in [5.74, 6) is -12.2. The zero-order valence-corrected chi connectivity index (χ0v) is 17.1. The molecule has 0 saturated heterocycles. The maximum atomic E-state index is 14.0. The number of hydrogen-bond donors (Lipinski definition) is 2. The Morgan fingerprint density at radius 3 is 2.18 bits per heavy atom. The van der Waals surface area contributed by atoms with E-state index in [-0.39, 0.29) is 18.4 Å². The minimum absolute atomic E-state index is 0.188. The fourth-order valence-corrected chi connectivity index (χ4v) is 5.34. The molecule has 180 valence electrons. The van der Waals surface area contributed by atoms with Crippen molar-refractivity contribution in [1.82, 2.24) is 15.3 Å². The maximum absolute atomic E-state index is 14.0. The van der Waals surface area contributed by atoms with Gasteiger partial charge in [0.05, 0.1) is 16.6 Å². The molecule has 1 aromatic heterocycles. The summed E-state index contributed by atoms with van der Waals surface area (Å²) >= 11 is 0. The summed E-state index contributed by atoms with van der Waals surface area (Å²) in [6.45, 7) is 0. The molecular weight excluding hydrogens is 474 g/mol. The van der Waals surface area contributed by atoms with E-state index in [0.29, 0.717) is 30.6 Å². The first-order valence-electron chi connectivity index (χ1n) is 10.3. The molecule has 4 nitrogen and oxygen atoms in total. The first-order valence-corrected chi connectivity index (χ1v) is 10.3. The summed E-state index contributed by atoms with van der Waals surface area (Å²) in [5.41, 5.74) is -3.48. The Labute approximate surface area is 186 Å². The molecule has 0 atom stereocenters. The third-order valence-electron chi connectivity index (χ3n) is 6.79. The Morgan fingerprint density at radius 2 is 1.56 bits per heavy atom. The molecule has 2 bridgehead atoms. The van der Waals surface area contributed by atoms with E-state index in [9.17, 15) is 39.9 Å². The number of nitrogens with one attached hydrogen (secondary N) is 2. The summed E-state index contributed by atoms with van der Waals surface area (Å²) in [5, 5.41) is 2.43. The fraction of sp³-hybridized carbons (Fsp3) is 0.364. The summed E-state index contributed by atoms with van der Waals surface area (Å²) < 4.78 is 107. The van der Waals surface area contributed by atoms with Crippen molar-refractivity contribution >= 4 is 16.9 Å². The van der Waals surface area contributed by atoms with Crippen molar-refractivity contribution in [2.75, 3.05) is 0 Å². The Bertz CT molecular complexity index is 1310. The maximum Gasteiger partial charge on any atom is 0.416 e. The van der Waals surface area contributed by atoms with E-state index in [2.05, 4.69) is 15.3 Å². The summed E-state index contributed by atoms with van der Waals surface area (Å²) in [6, 6.07) is 3.11. The molecule has 1 heterocycles. The zero-order chi connectivity index (χ0) is 24.6. The van der Waals surface area contributed by atoms with Gasteiger partial charge < -0.3 is 10.3 Å². The lowest BCUT2D eigenvalue weighted by Gasteiger charge is -2.60. The lowest BCUT2D eigenvalue weighted by molar-refractivity contribution is -0.137. The van der Waals surface area contributed by atoms with Gasteiger partial charge in [-0.05, 0) is 43.9 Å². The van der Waals surface area contributed by atoms with Crippen molar-refractivity contribution in [1.29, 1.82) is 0 Å². The Morgan fingerprint density at radius 1 is 0.941 bits per heavy atom. The van der Waals surface area contributed by atoms with Crippen LogP contribution in [0, 0.1) is 29.1 Å². The number of amides is 1. The lowest BCUT2D eigenvalue weighted by atomic mass is 9.49. The molecule has 3 aromatic rings. The van der Waals surface area contributed by atoms with Crippen LogP contribution in [0.4, 0.5) is 35.1 Å². The number of carbonyl (C=O) groups is 1. The summed E-state index contributed by atoms with van der Waals surface area (Å²) in [4.78, 5) is 19.9. The average molecular weight is 489 g/mol. The number of carbonyl (C=O) groups excluding carboxylic acids is 1. The van der Waals surface area contributed by atoms with Crippen molar-refractivity contribution in [3.8, 4) is 0 Å². The van der Waals surface area contributed by atoms with E-state index in [0.717, 1.165) is 12.1 Å². The Kier molecular flexibility index (Phi) is 4.76. The van der Waals surface area contributed by atoms with Crippen LogP contribution in [-0.4, -0.2) is 21.4 Å². The van der Waals surface area contributed by atoms with E-state index < -0.39 is 63.3 Å². The van der Waals surface area contributed by atoms with Crippen molar-refractivity contribution < 1.29 is 39.9 Å². The number of aromatic amines is 1. The molecule has 0 aliphatic heterocycles. The van der Waals surface area contributed by atoms with Crippen molar-refractivity contribution in [3.05, 3.63) is 64.2 Å². The minimum atomic E-state index is -4.53. The first kappa shape index (κ1) is 22.6. The van der Waals surface area contributed by atoms with Crippen LogP contribution in [-0.2, 0) is 11.6 Å². The summed E-state index contributed by atoms with van der Waals surface area (Å²) in [7, 11) is 0. The second kappa shape index (κ2) is 7.16. The van der Waals surface area contributed by atoms with Gasteiger partial charge in [0.1, 0.15) is 11.4 Å². The van der Waals surface area contributed by atoms with Crippen LogP contribution in [0.1, 0.15) is 53.8 Å². The fourth-order valence-electron chi connectivity index (χ4n) is 5.34. The molecule has 12 heteroatoms. The molecule has 0 unspecified atom stereocenters. The number of aromatic nitrogens is 2. The molecule has 34 heavy (non-hydrogen) atoms. The van der Waals surface area contributed by atoms with Gasteiger partial charge in [-0.1, -0.05) is 6.42 Å². The van der Waals surface area contributed by atoms with Gasteiger partial charge in [0.15, 0.2) is 23.3 Å². The van der Waals surface area contributed by atoms with Gasteiger partial charge >= 0.3 is 6.18 Å². The quantitative estimate of drug-likeness (QED) is 0.283. The molecular formula is C22H15F8N3O. The highest BCUT2D eigenvalue weighted by Gasteiger charge is 2.60. The Hall–Kier alpha value is -3.18. The smallest absolute Gasteiger partial charge is 0.346 e. The molecule has 6 rings (SSSR count). The topological polar surface area (TPSA) is 57.8 Å². The summed E-state index contributed by atoms with van der Waals surface area (Å²) in [6.07, 6.45) is -2.50. The monoisotopic (exact) mass is 489 g/mol. The van der Waals surface area contributed by atoms with Gasteiger partial charge in [-0.15, -0.1) is 0 Å². The third-order valence-corrected chi connectivity index (χ3v) is 6.79. The number of rotatable bonds is 3. The Balaban J connectivity index is 1.41. The van der Waals surface area contributed by atoms with Crippen LogP contribution in [0.2, 0.25) is 0 Å². The number of halogens is 8. The van der Waals surface area contributed by atoms with E-state index in [1.165, 1.54) is 6.07 Å². The average Bonchev–Trinajstić information content (AvgIpc) is 3.19. The molecule has 0 spiro atoms. The minimum Gasteiger partial charge on any atom is -0.346 e. The number of nitrogens with zero attached hydrogens (tertiary/aromatic N) is 1. The molecule has 0 radical (unpaired) electrons. The molecule has 3 aliphatic carbocycles. The zero-order valence-electron chi connectivity index (χ0n) is 17.1. The number of fused-ring (bicyclic) bond motifs is 3. The second-order valence-corrected chi connectivity index (χ2v) is 8.98. The predicted molar refractivity (Wildman–Crippen MR) is 102 cm³/mol. The molecule has 3 saturated carbocycles. The van der Waals surface area contributed by atoms with E-state index >= 15 is 0 Å². The van der Waals surface area contributed by atoms with Crippen LogP contribution in [0.25, 0.3) is 11.0 Å². The molecule has 2 aromatic carbocycles. The molecule has 1 amide bonds. The van der Waals surface area contributed by atoms with Gasteiger partial charge in [-0.2, -0.15) is 13.2 Å². The number of H-pyrrole nitrogens is 1. The van der Waals surface area contributed by atoms with Crippen molar-refractivity contribution in [3.63, 3.8) is 0 Å². The molecule has 3 fully saturated rings. The van der Waals surface area contributed by atoms with Crippen molar-refractivity contribution in [2.45, 2.75) is 49.2 Å². The normalized spacial score (nSPS) is 24.2. The number of hydrogen-bond acceptors (Lipinski definition) is 2. The largest absolute Gasteiger partial charge is 0.416 e. The van der Waals surface area contributed by atoms with Crippen LogP contribution >= 0.6 is 0 Å². The van der Waals surface area contributed by atoms with Gasteiger partial charge in [0, 0.05) is 11.0 Å².